The number of carbonyl (C=O) groups is 2. The van der Waals surface area contributed by atoms with E-state index >= 15 is 0 Å². The van der Waals surface area contributed by atoms with E-state index in [1.807, 2.05) is 13.0 Å². The third-order valence-electron chi connectivity index (χ3n) is 5.16. The zero-order valence-electron chi connectivity index (χ0n) is 13.6. The number of hydrogen-bond donors (Lipinski definition) is 2. The van der Waals surface area contributed by atoms with Gasteiger partial charge in [0.25, 0.3) is 5.91 Å². The molecule has 2 unspecified atom stereocenters. The van der Waals surface area contributed by atoms with Gasteiger partial charge in [0.15, 0.2) is 0 Å². The van der Waals surface area contributed by atoms with Gasteiger partial charge in [0.05, 0.1) is 5.92 Å². The van der Waals surface area contributed by atoms with Crippen molar-refractivity contribution in [2.45, 2.75) is 51.4 Å². The molecule has 1 saturated heterocycles. The number of rotatable bonds is 3. The summed E-state index contributed by atoms with van der Waals surface area (Å²) in [5, 5.41) is 16.5. The van der Waals surface area contributed by atoms with Gasteiger partial charge in [-0.2, -0.15) is 5.10 Å². The van der Waals surface area contributed by atoms with Crippen molar-refractivity contribution in [3.63, 3.8) is 0 Å². The Morgan fingerprint density at radius 3 is 2.70 bits per heavy atom. The first-order valence-electron chi connectivity index (χ1n) is 8.62. The smallest absolute Gasteiger partial charge is 0.308 e. The summed E-state index contributed by atoms with van der Waals surface area (Å²) in [5.41, 5.74) is 1.47. The Kier molecular flexibility index (Phi) is 4.68. The molecule has 1 aromatic heterocycles. The van der Waals surface area contributed by atoms with Crippen LogP contribution in [-0.4, -0.2) is 45.2 Å². The highest BCUT2D eigenvalue weighted by molar-refractivity contribution is 5.92. The second-order valence-electron chi connectivity index (χ2n) is 7.13. The summed E-state index contributed by atoms with van der Waals surface area (Å²) in [6, 6.07) is 1.87. The lowest BCUT2D eigenvalue weighted by atomic mass is 9.87. The van der Waals surface area contributed by atoms with Crippen LogP contribution in [0.5, 0.6) is 0 Å². The topological polar surface area (TPSA) is 86.3 Å². The van der Waals surface area contributed by atoms with E-state index in [2.05, 4.69) is 10.2 Å². The van der Waals surface area contributed by atoms with Gasteiger partial charge in [-0.3, -0.25) is 14.7 Å². The van der Waals surface area contributed by atoms with Crippen LogP contribution >= 0.6 is 0 Å². The molecule has 0 aromatic carbocycles. The van der Waals surface area contributed by atoms with Gasteiger partial charge in [-0.1, -0.05) is 26.2 Å². The number of likely N-dealkylation sites (tertiary alicyclic amines) is 1. The lowest BCUT2D eigenvalue weighted by Crippen LogP contribution is -2.45. The Labute approximate surface area is 136 Å². The molecule has 1 aliphatic carbocycles. The molecule has 0 bridgehead atoms. The molecule has 2 heterocycles. The maximum absolute atomic E-state index is 12.7. The zero-order valence-corrected chi connectivity index (χ0v) is 13.6. The number of amides is 1. The fourth-order valence-corrected chi connectivity index (χ4v) is 3.93. The SMILES string of the molecule is CC1CC(C(=O)O)CN(C(=O)c2cc(C3CCCCC3)[nH]n2)C1. The molecular weight excluding hydrogens is 294 g/mol. The first-order chi connectivity index (χ1) is 11.0. The number of hydrogen-bond acceptors (Lipinski definition) is 3. The molecule has 1 saturated carbocycles. The van der Waals surface area contributed by atoms with Crippen LogP contribution in [0.4, 0.5) is 0 Å². The first kappa shape index (κ1) is 16.0. The Morgan fingerprint density at radius 1 is 1.26 bits per heavy atom. The number of aliphatic carboxylic acids is 1. The van der Waals surface area contributed by atoms with Gasteiger partial charge in [-0.05, 0) is 31.2 Å². The van der Waals surface area contributed by atoms with Crippen molar-refractivity contribution in [1.29, 1.82) is 0 Å². The van der Waals surface area contributed by atoms with E-state index in [0.29, 0.717) is 24.6 Å². The maximum Gasteiger partial charge on any atom is 0.308 e. The predicted molar refractivity (Wildman–Crippen MR) is 85.2 cm³/mol. The molecule has 3 rings (SSSR count). The number of piperidine rings is 1. The normalized spacial score (nSPS) is 26.2. The number of aromatic nitrogens is 2. The van der Waals surface area contributed by atoms with Crippen molar-refractivity contribution < 1.29 is 14.7 Å². The van der Waals surface area contributed by atoms with Crippen LogP contribution in [0.25, 0.3) is 0 Å². The van der Waals surface area contributed by atoms with Gasteiger partial charge in [-0.25, -0.2) is 0 Å². The molecular formula is C17H25N3O3. The summed E-state index contributed by atoms with van der Waals surface area (Å²) in [7, 11) is 0. The molecule has 6 heteroatoms. The van der Waals surface area contributed by atoms with E-state index < -0.39 is 11.9 Å². The lowest BCUT2D eigenvalue weighted by Gasteiger charge is -2.34. The van der Waals surface area contributed by atoms with Crippen molar-refractivity contribution in [1.82, 2.24) is 15.1 Å². The highest BCUT2D eigenvalue weighted by atomic mass is 16.4. The summed E-state index contributed by atoms with van der Waals surface area (Å²) in [5.74, 6) is -0.768. The highest BCUT2D eigenvalue weighted by Crippen LogP contribution is 2.32. The number of nitrogens with zero attached hydrogens (tertiary/aromatic N) is 2. The molecule has 126 valence electrons. The fraction of sp³-hybridized carbons (Fsp3) is 0.706. The van der Waals surface area contributed by atoms with Gasteiger partial charge in [0, 0.05) is 24.7 Å². The summed E-state index contributed by atoms with van der Waals surface area (Å²) >= 11 is 0. The summed E-state index contributed by atoms with van der Waals surface area (Å²) in [6.07, 6.45) is 6.69. The number of carbonyl (C=O) groups excluding carboxylic acids is 1. The summed E-state index contributed by atoms with van der Waals surface area (Å²) < 4.78 is 0. The van der Waals surface area contributed by atoms with E-state index in [9.17, 15) is 14.7 Å². The van der Waals surface area contributed by atoms with Crippen molar-refractivity contribution >= 4 is 11.9 Å². The maximum atomic E-state index is 12.7. The Morgan fingerprint density at radius 2 is 2.00 bits per heavy atom. The Hall–Kier alpha value is -1.85. The highest BCUT2D eigenvalue weighted by Gasteiger charge is 2.33. The molecule has 0 radical (unpaired) electrons. The number of nitrogens with one attached hydrogen (secondary N) is 1. The standard InChI is InChI=1S/C17H25N3O3/c1-11-7-13(17(22)23)10-20(9-11)16(21)15-8-14(18-19-15)12-5-3-2-4-6-12/h8,11-13H,2-7,9-10H2,1H3,(H,18,19)(H,22,23). The van der Waals surface area contributed by atoms with Crippen LogP contribution < -0.4 is 0 Å². The average molecular weight is 319 g/mol. The second kappa shape index (κ2) is 6.72. The number of H-pyrrole nitrogens is 1. The Bertz CT molecular complexity index is 577. The van der Waals surface area contributed by atoms with Gasteiger partial charge in [-0.15, -0.1) is 0 Å². The monoisotopic (exact) mass is 319 g/mol. The molecule has 1 amide bonds. The third-order valence-corrected chi connectivity index (χ3v) is 5.16. The Balaban J connectivity index is 1.70. The lowest BCUT2D eigenvalue weighted by molar-refractivity contribution is -0.143. The van der Waals surface area contributed by atoms with E-state index in [1.165, 1.54) is 19.3 Å². The van der Waals surface area contributed by atoms with Crippen LogP contribution in [0.15, 0.2) is 6.07 Å². The number of carboxylic acids is 1. The largest absolute Gasteiger partial charge is 0.481 e. The molecule has 1 aliphatic heterocycles. The van der Waals surface area contributed by atoms with Crippen LogP contribution in [0.2, 0.25) is 0 Å². The summed E-state index contributed by atoms with van der Waals surface area (Å²) in [4.78, 5) is 25.6. The van der Waals surface area contributed by atoms with Gasteiger partial charge < -0.3 is 10.0 Å². The van der Waals surface area contributed by atoms with Gasteiger partial charge in [0.1, 0.15) is 5.69 Å². The quantitative estimate of drug-likeness (QED) is 0.896. The van der Waals surface area contributed by atoms with E-state index in [4.69, 9.17) is 0 Å². The molecule has 2 aliphatic rings. The van der Waals surface area contributed by atoms with Crippen LogP contribution in [-0.2, 0) is 4.79 Å². The minimum Gasteiger partial charge on any atom is -0.481 e. The molecule has 2 atom stereocenters. The van der Waals surface area contributed by atoms with E-state index in [-0.39, 0.29) is 18.4 Å². The number of carboxylic acid groups (broad SMARTS) is 1. The predicted octanol–water partition coefficient (Wildman–Crippen LogP) is 2.64. The zero-order chi connectivity index (χ0) is 16.4. The van der Waals surface area contributed by atoms with Crippen molar-refractivity contribution in [2.24, 2.45) is 11.8 Å². The van der Waals surface area contributed by atoms with Crippen LogP contribution in [0.3, 0.4) is 0 Å². The molecule has 2 fully saturated rings. The fourth-order valence-electron chi connectivity index (χ4n) is 3.93. The van der Waals surface area contributed by atoms with Crippen LogP contribution in [0.1, 0.15) is 67.5 Å². The molecule has 2 N–H and O–H groups in total. The van der Waals surface area contributed by atoms with Crippen molar-refractivity contribution in [2.75, 3.05) is 13.1 Å². The first-order valence-corrected chi connectivity index (χ1v) is 8.62. The van der Waals surface area contributed by atoms with Crippen molar-refractivity contribution in [3.8, 4) is 0 Å². The molecule has 0 spiro atoms. The third kappa shape index (κ3) is 3.57. The van der Waals surface area contributed by atoms with Gasteiger partial charge in [0.2, 0.25) is 0 Å². The van der Waals surface area contributed by atoms with E-state index in [0.717, 1.165) is 18.5 Å². The second-order valence-corrected chi connectivity index (χ2v) is 7.13. The van der Waals surface area contributed by atoms with E-state index in [1.54, 1.807) is 4.90 Å². The van der Waals surface area contributed by atoms with Crippen LogP contribution in [0, 0.1) is 11.8 Å². The summed E-state index contributed by atoms with van der Waals surface area (Å²) in [6.45, 7) is 2.88. The minimum absolute atomic E-state index is 0.152. The van der Waals surface area contributed by atoms with Gasteiger partial charge >= 0.3 is 5.97 Å². The molecule has 23 heavy (non-hydrogen) atoms. The number of aromatic amines is 1. The molecule has 1 aromatic rings. The van der Waals surface area contributed by atoms with Crippen molar-refractivity contribution in [3.05, 3.63) is 17.5 Å². The minimum atomic E-state index is -0.820. The molecule has 6 nitrogen and oxygen atoms in total. The average Bonchev–Trinajstić information content (AvgIpc) is 3.04.